The van der Waals surface area contributed by atoms with Crippen LogP contribution in [0.1, 0.15) is 5.56 Å². The molecule has 0 saturated carbocycles. The Labute approximate surface area is 147 Å². The minimum Gasteiger partial charge on any atom is -0.492 e. The predicted molar refractivity (Wildman–Crippen MR) is 96.2 cm³/mol. The van der Waals surface area contributed by atoms with Gasteiger partial charge in [-0.05, 0) is 30.0 Å². The molecule has 7 heteroatoms. The lowest BCUT2D eigenvalue weighted by molar-refractivity contribution is 0.158. The minimum atomic E-state index is -3.32. The molecule has 0 amide bonds. The summed E-state index contributed by atoms with van der Waals surface area (Å²) >= 11 is 1.27. The lowest BCUT2D eigenvalue weighted by Gasteiger charge is -2.33. The van der Waals surface area contributed by atoms with Crippen molar-refractivity contribution in [3.8, 4) is 5.75 Å². The molecule has 1 aliphatic heterocycles. The van der Waals surface area contributed by atoms with Crippen LogP contribution < -0.4 is 4.74 Å². The zero-order valence-corrected chi connectivity index (χ0v) is 15.4. The van der Waals surface area contributed by atoms with Gasteiger partial charge in [0.05, 0.1) is 0 Å². The van der Waals surface area contributed by atoms with Crippen molar-refractivity contribution in [1.29, 1.82) is 0 Å². The van der Waals surface area contributed by atoms with Crippen LogP contribution >= 0.6 is 11.3 Å². The summed E-state index contributed by atoms with van der Waals surface area (Å²) < 4.78 is 32.8. The van der Waals surface area contributed by atoms with E-state index in [1.807, 2.05) is 31.2 Å². The molecule has 0 radical (unpaired) electrons. The molecule has 5 nitrogen and oxygen atoms in total. The normalized spacial score (nSPS) is 17.0. The van der Waals surface area contributed by atoms with Gasteiger partial charge >= 0.3 is 0 Å². The average molecular weight is 367 g/mol. The number of thiophene rings is 1. The van der Waals surface area contributed by atoms with Gasteiger partial charge in [-0.1, -0.05) is 24.3 Å². The Morgan fingerprint density at radius 2 is 1.83 bits per heavy atom. The molecular formula is C17H22N2O3S2. The zero-order chi connectivity index (χ0) is 17.0. The van der Waals surface area contributed by atoms with Gasteiger partial charge in [0.15, 0.2) is 0 Å². The van der Waals surface area contributed by atoms with E-state index < -0.39 is 10.0 Å². The fourth-order valence-corrected chi connectivity index (χ4v) is 5.30. The van der Waals surface area contributed by atoms with Crippen LogP contribution in [-0.2, 0) is 10.0 Å². The van der Waals surface area contributed by atoms with E-state index in [0.717, 1.165) is 30.9 Å². The Morgan fingerprint density at radius 3 is 2.50 bits per heavy atom. The monoisotopic (exact) mass is 366 g/mol. The van der Waals surface area contributed by atoms with Gasteiger partial charge in [-0.2, -0.15) is 4.31 Å². The first-order valence-corrected chi connectivity index (χ1v) is 10.3. The summed E-state index contributed by atoms with van der Waals surface area (Å²) in [5, 5.41) is 1.80. The highest BCUT2D eigenvalue weighted by atomic mass is 32.2. The Bertz CT molecular complexity index is 752. The number of rotatable bonds is 6. The van der Waals surface area contributed by atoms with Crippen LogP contribution in [0.15, 0.2) is 46.0 Å². The second-order valence-corrected chi connectivity index (χ2v) is 8.90. The van der Waals surface area contributed by atoms with E-state index in [0.29, 0.717) is 23.9 Å². The predicted octanol–water partition coefficient (Wildman–Crippen LogP) is 2.44. The number of hydrogen-bond donors (Lipinski definition) is 0. The van der Waals surface area contributed by atoms with Crippen molar-refractivity contribution in [3.05, 3.63) is 47.3 Å². The number of nitrogens with zero attached hydrogens (tertiary/aromatic N) is 2. The third kappa shape index (κ3) is 3.97. The maximum Gasteiger partial charge on any atom is 0.252 e. The lowest BCUT2D eigenvalue weighted by atomic mass is 10.2. The molecule has 1 saturated heterocycles. The van der Waals surface area contributed by atoms with E-state index >= 15 is 0 Å². The van der Waals surface area contributed by atoms with Crippen LogP contribution in [0.2, 0.25) is 0 Å². The molecular weight excluding hydrogens is 344 g/mol. The molecule has 2 aromatic rings. The molecule has 0 spiro atoms. The summed E-state index contributed by atoms with van der Waals surface area (Å²) in [6.07, 6.45) is 0. The third-order valence-electron chi connectivity index (χ3n) is 4.18. The maximum absolute atomic E-state index is 12.5. The Hall–Kier alpha value is -1.41. The van der Waals surface area contributed by atoms with E-state index in [9.17, 15) is 8.42 Å². The van der Waals surface area contributed by atoms with Crippen LogP contribution in [0.5, 0.6) is 5.75 Å². The second kappa shape index (κ2) is 7.65. The van der Waals surface area contributed by atoms with Crippen molar-refractivity contribution in [2.24, 2.45) is 0 Å². The van der Waals surface area contributed by atoms with Crippen molar-refractivity contribution in [2.45, 2.75) is 11.1 Å². The quantitative estimate of drug-likeness (QED) is 0.788. The van der Waals surface area contributed by atoms with Crippen molar-refractivity contribution >= 4 is 21.4 Å². The second-order valence-electron chi connectivity index (χ2n) is 5.79. The smallest absolute Gasteiger partial charge is 0.252 e. The van der Waals surface area contributed by atoms with Crippen LogP contribution in [0, 0.1) is 6.92 Å². The van der Waals surface area contributed by atoms with Crippen LogP contribution in [0.4, 0.5) is 0 Å². The summed E-state index contributed by atoms with van der Waals surface area (Å²) in [5.41, 5.74) is 1.13. The van der Waals surface area contributed by atoms with Crippen molar-refractivity contribution in [3.63, 3.8) is 0 Å². The molecule has 0 bridgehead atoms. The van der Waals surface area contributed by atoms with E-state index in [1.54, 1.807) is 21.8 Å². The van der Waals surface area contributed by atoms with Crippen LogP contribution in [0.3, 0.4) is 0 Å². The molecule has 1 aromatic carbocycles. The Morgan fingerprint density at radius 1 is 1.08 bits per heavy atom. The number of benzene rings is 1. The molecule has 130 valence electrons. The summed E-state index contributed by atoms with van der Waals surface area (Å²) in [6.45, 7) is 5.99. The summed E-state index contributed by atoms with van der Waals surface area (Å²) in [5.74, 6) is 0.913. The van der Waals surface area contributed by atoms with Gasteiger partial charge in [-0.15, -0.1) is 11.3 Å². The summed E-state index contributed by atoms with van der Waals surface area (Å²) in [6, 6.07) is 11.4. The Balaban J connectivity index is 1.47. The topological polar surface area (TPSA) is 49.9 Å². The van der Waals surface area contributed by atoms with Crippen molar-refractivity contribution < 1.29 is 13.2 Å². The maximum atomic E-state index is 12.5. The van der Waals surface area contributed by atoms with Gasteiger partial charge in [0.2, 0.25) is 0 Å². The number of ether oxygens (including phenoxy) is 1. The molecule has 2 heterocycles. The van der Waals surface area contributed by atoms with Crippen molar-refractivity contribution in [1.82, 2.24) is 9.21 Å². The first-order chi connectivity index (χ1) is 11.6. The van der Waals surface area contributed by atoms with Gasteiger partial charge in [-0.3, -0.25) is 4.90 Å². The van der Waals surface area contributed by atoms with Gasteiger partial charge in [-0.25, -0.2) is 8.42 Å². The fourth-order valence-electron chi connectivity index (χ4n) is 2.73. The van der Waals surface area contributed by atoms with Gasteiger partial charge in [0, 0.05) is 32.7 Å². The molecule has 0 N–H and O–H groups in total. The van der Waals surface area contributed by atoms with E-state index in [1.165, 1.54) is 11.3 Å². The van der Waals surface area contributed by atoms with Crippen molar-refractivity contribution in [2.75, 3.05) is 39.3 Å². The van der Waals surface area contributed by atoms with E-state index in [2.05, 4.69) is 4.90 Å². The number of aryl methyl sites for hydroxylation is 1. The van der Waals surface area contributed by atoms with Crippen LogP contribution in [0.25, 0.3) is 0 Å². The Kier molecular flexibility index (Phi) is 5.55. The molecule has 1 fully saturated rings. The average Bonchev–Trinajstić information content (AvgIpc) is 3.12. The zero-order valence-electron chi connectivity index (χ0n) is 13.7. The molecule has 24 heavy (non-hydrogen) atoms. The third-order valence-corrected chi connectivity index (χ3v) is 7.45. The van der Waals surface area contributed by atoms with Gasteiger partial charge in [0.1, 0.15) is 16.6 Å². The highest BCUT2D eigenvalue weighted by Crippen LogP contribution is 2.22. The summed E-state index contributed by atoms with van der Waals surface area (Å²) in [7, 11) is -3.32. The number of piperazine rings is 1. The number of sulfonamides is 1. The highest BCUT2D eigenvalue weighted by Gasteiger charge is 2.28. The van der Waals surface area contributed by atoms with Gasteiger partial charge < -0.3 is 4.74 Å². The standard InChI is InChI=1S/C17H22N2O3S2/c1-15-5-2-3-6-16(15)22-13-12-18-8-10-19(11-9-18)24(20,21)17-7-4-14-23-17/h2-7,14H,8-13H2,1H3. The van der Waals surface area contributed by atoms with Gasteiger partial charge in [0.25, 0.3) is 10.0 Å². The fraction of sp³-hybridized carbons (Fsp3) is 0.412. The lowest BCUT2D eigenvalue weighted by Crippen LogP contribution is -2.49. The largest absolute Gasteiger partial charge is 0.492 e. The number of para-hydroxylation sites is 1. The molecule has 0 atom stereocenters. The van der Waals surface area contributed by atoms with E-state index in [-0.39, 0.29) is 0 Å². The number of hydrogen-bond acceptors (Lipinski definition) is 5. The molecule has 0 unspecified atom stereocenters. The SMILES string of the molecule is Cc1ccccc1OCCN1CCN(S(=O)(=O)c2cccs2)CC1. The molecule has 1 aliphatic rings. The molecule has 1 aromatic heterocycles. The molecule has 0 aliphatic carbocycles. The first kappa shape index (κ1) is 17.4. The molecule has 3 rings (SSSR count). The minimum absolute atomic E-state index is 0.429. The van der Waals surface area contributed by atoms with Crippen LogP contribution in [-0.4, -0.2) is 57.0 Å². The van der Waals surface area contributed by atoms with E-state index in [4.69, 9.17) is 4.74 Å². The highest BCUT2D eigenvalue weighted by molar-refractivity contribution is 7.91. The first-order valence-electron chi connectivity index (χ1n) is 8.02. The summed E-state index contributed by atoms with van der Waals surface area (Å²) in [4.78, 5) is 2.25.